The molecule has 1 aromatic carbocycles. The van der Waals surface area contributed by atoms with Crippen LogP contribution in [0, 0.1) is 0 Å². The van der Waals surface area contributed by atoms with Crippen LogP contribution in [-0.4, -0.2) is 36.7 Å². The van der Waals surface area contributed by atoms with Gasteiger partial charge in [-0.15, -0.1) is 0 Å². The van der Waals surface area contributed by atoms with Gasteiger partial charge in [0.05, 0.1) is 11.3 Å². The molecule has 6 nitrogen and oxygen atoms in total. The smallest absolute Gasteiger partial charge is 0.262 e. The normalized spacial score (nSPS) is 24.8. The van der Waals surface area contributed by atoms with Crippen molar-refractivity contribution >= 4 is 17.5 Å². The van der Waals surface area contributed by atoms with Crippen molar-refractivity contribution in [2.75, 3.05) is 18.5 Å². The van der Waals surface area contributed by atoms with Gasteiger partial charge in [-0.2, -0.15) is 0 Å². The summed E-state index contributed by atoms with van der Waals surface area (Å²) >= 11 is 0. The van der Waals surface area contributed by atoms with Crippen molar-refractivity contribution in [3.8, 4) is 5.75 Å². The third-order valence-corrected chi connectivity index (χ3v) is 5.22. The maximum Gasteiger partial charge on any atom is 0.262 e. The number of anilines is 1. The van der Waals surface area contributed by atoms with E-state index in [1.54, 1.807) is 18.2 Å². The number of amides is 2. The van der Waals surface area contributed by atoms with Crippen LogP contribution >= 0.6 is 0 Å². The summed E-state index contributed by atoms with van der Waals surface area (Å²) in [5.74, 6) is 0.285. The van der Waals surface area contributed by atoms with Gasteiger partial charge in [-0.1, -0.05) is 12.8 Å². The zero-order chi connectivity index (χ0) is 16.6. The second-order valence-corrected chi connectivity index (χ2v) is 6.95. The zero-order valence-electron chi connectivity index (χ0n) is 13.6. The first-order valence-corrected chi connectivity index (χ1v) is 8.65. The molecule has 0 radical (unpaired) electrons. The Morgan fingerprint density at radius 2 is 2.12 bits per heavy atom. The van der Waals surface area contributed by atoms with E-state index in [2.05, 4.69) is 10.6 Å². The zero-order valence-corrected chi connectivity index (χ0v) is 13.6. The minimum Gasteiger partial charge on any atom is -0.482 e. The Morgan fingerprint density at radius 1 is 1.29 bits per heavy atom. The SMILES string of the molecule is O=C1COc2ccc(C(=O)NC3CCOC4(CCCC4)C3)cc2N1. The second-order valence-electron chi connectivity index (χ2n) is 6.95. The van der Waals surface area contributed by atoms with E-state index in [1.165, 1.54) is 12.8 Å². The number of carbonyl (C=O) groups is 2. The maximum atomic E-state index is 12.6. The first-order valence-electron chi connectivity index (χ1n) is 8.65. The van der Waals surface area contributed by atoms with Crippen LogP contribution in [0.5, 0.6) is 5.75 Å². The molecule has 2 amide bonds. The predicted octanol–water partition coefficient (Wildman–Crippen LogP) is 2.24. The lowest BCUT2D eigenvalue weighted by Crippen LogP contribution is -2.47. The van der Waals surface area contributed by atoms with Crippen LogP contribution < -0.4 is 15.4 Å². The molecule has 2 aliphatic heterocycles. The van der Waals surface area contributed by atoms with E-state index in [-0.39, 0.29) is 30.1 Å². The molecule has 1 aliphatic carbocycles. The lowest BCUT2D eigenvalue weighted by Gasteiger charge is -2.38. The highest BCUT2D eigenvalue weighted by molar-refractivity contribution is 5.99. The summed E-state index contributed by atoms with van der Waals surface area (Å²) in [5.41, 5.74) is 1.07. The molecule has 2 fully saturated rings. The van der Waals surface area contributed by atoms with E-state index in [1.807, 2.05) is 0 Å². The molecule has 2 heterocycles. The topological polar surface area (TPSA) is 76.7 Å². The van der Waals surface area contributed by atoms with Crippen molar-refractivity contribution < 1.29 is 19.1 Å². The molecular formula is C18H22N2O4. The van der Waals surface area contributed by atoms with E-state index in [0.717, 1.165) is 25.7 Å². The molecule has 1 atom stereocenters. The van der Waals surface area contributed by atoms with Gasteiger partial charge in [0.25, 0.3) is 11.8 Å². The van der Waals surface area contributed by atoms with Gasteiger partial charge in [0.15, 0.2) is 6.61 Å². The number of benzene rings is 1. The maximum absolute atomic E-state index is 12.6. The summed E-state index contributed by atoms with van der Waals surface area (Å²) in [6.07, 6.45) is 6.36. The van der Waals surface area contributed by atoms with Crippen molar-refractivity contribution in [1.82, 2.24) is 5.32 Å². The molecule has 1 saturated heterocycles. The molecule has 128 valence electrons. The fraction of sp³-hybridized carbons (Fsp3) is 0.556. The molecular weight excluding hydrogens is 308 g/mol. The summed E-state index contributed by atoms with van der Waals surface area (Å²) < 4.78 is 11.3. The highest BCUT2D eigenvalue weighted by Gasteiger charge is 2.40. The van der Waals surface area contributed by atoms with Crippen LogP contribution in [0.15, 0.2) is 18.2 Å². The van der Waals surface area contributed by atoms with Crippen molar-refractivity contribution in [3.05, 3.63) is 23.8 Å². The first kappa shape index (κ1) is 15.4. The van der Waals surface area contributed by atoms with Crippen LogP contribution in [0.2, 0.25) is 0 Å². The Hall–Kier alpha value is -2.08. The van der Waals surface area contributed by atoms with Crippen molar-refractivity contribution in [2.24, 2.45) is 0 Å². The third kappa shape index (κ3) is 2.98. The molecule has 4 rings (SSSR count). The highest BCUT2D eigenvalue weighted by Crippen LogP contribution is 2.40. The van der Waals surface area contributed by atoms with Gasteiger partial charge in [-0.3, -0.25) is 9.59 Å². The summed E-state index contributed by atoms with van der Waals surface area (Å²) in [6.45, 7) is 0.724. The van der Waals surface area contributed by atoms with Gasteiger partial charge < -0.3 is 20.1 Å². The number of ether oxygens (including phenoxy) is 2. The van der Waals surface area contributed by atoms with Crippen molar-refractivity contribution in [2.45, 2.75) is 50.2 Å². The van der Waals surface area contributed by atoms with E-state index in [9.17, 15) is 9.59 Å². The van der Waals surface area contributed by atoms with Crippen LogP contribution in [0.4, 0.5) is 5.69 Å². The molecule has 1 aromatic rings. The summed E-state index contributed by atoms with van der Waals surface area (Å²) in [5, 5.41) is 5.87. The fourth-order valence-corrected chi connectivity index (χ4v) is 4.01. The molecule has 0 bridgehead atoms. The quantitative estimate of drug-likeness (QED) is 0.872. The summed E-state index contributed by atoms with van der Waals surface area (Å²) in [4.78, 5) is 24.0. The van der Waals surface area contributed by atoms with Gasteiger partial charge >= 0.3 is 0 Å². The molecule has 3 aliphatic rings. The number of fused-ring (bicyclic) bond motifs is 1. The Bertz CT molecular complexity index is 667. The van der Waals surface area contributed by atoms with Gasteiger partial charge in [0, 0.05) is 18.2 Å². The average Bonchev–Trinajstić information content (AvgIpc) is 3.01. The summed E-state index contributed by atoms with van der Waals surface area (Å²) in [7, 11) is 0. The average molecular weight is 330 g/mol. The van der Waals surface area contributed by atoms with E-state index < -0.39 is 0 Å². The molecule has 1 spiro atoms. The van der Waals surface area contributed by atoms with Crippen molar-refractivity contribution in [1.29, 1.82) is 0 Å². The number of hydrogen-bond donors (Lipinski definition) is 2. The fourth-order valence-electron chi connectivity index (χ4n) is 4.01. The molecule has 0 aromatic heterocycles. The number of hydrogen-bond acceptors (Lipinski definition) is 4. The molecule has 2 N–H and O–H groups in total. The summed E-state index contributed by atoms with van der Waals surface area (Å²) in [6, 6.07) is 5.28. The number of nitrogens with one attached hydrogen (secondary N) is 2. The van der Waals surface area contributed by atoms with E-state index in [0.29, 0.717) is 23.6 Å². The van der Waals surface area contributed by atoms with Crippen LogP contribution in [-0.2, 0) is 9.53 Å². The van der Waals surface area contributed by atoms with E-state index >= 15 is 0 Å². The molecule has 1 unspecified atom stereocenters. The highest BCUT2D eigenvalue weighted by atomic mass is 16.5. The molecule has 6 heteroatoms. The van der Waals surface area contributed by atoms with Crippen LogP contribution in [0.25, 0.3) is 0 Å². The molecule has 1 saturated carbocycles. The lowest BCUT2D eigenvalue weighted by atomic mass is 9.89. The molecule has 24 heavy (non-hydrogen) atoms. The number of rotatable bonds is 2. The van der Waals surface area contributed by atoms with Gasteiger partial charge in [0.1, 0.15) is 5.75 Å². The Kier molecular flexibility index (Phi) is 3.92. The standard InChI is InChI=1S/C18H22N2O4/c21-16-11-23-15-4-3-12(9-14(15)20-16)17(22)19-13-5-8-24-18(10-13)6-1-2-7-18/h3-4,9,13H,1-2,5-8,10-11H2,(H,19,22)(H,20,21). The predicted molar refractivity (Wildman–Crippen MR) is 88.2 cm³/mol. The minimum absolute atomic E-state index is 0.0166. The van der Waals surface area contributed by atoms with Gasteiger partial charge in [0.2, 0.25) is 0 Å². The largest absolute Gasteiger partial charge is 0.482 e. The van der Waals surface area contributed by atoms with Crippen LogP contribution in [0.3, 0.4) is 0 Å². The van der Waals surface area contributed by atoms with Crippen LogP contribution in [0.1, 0.15) is 48.9 Å². The Labute approximate surface area is 140 Å². The third-order valence-electron chi connectivity index (χ3n) is 5.22. The monoisotopic (exact) mass is 330 g/mol. The Morgan fingerprint density at radius 3 is 2.96 bits per heavy atom. The Balaban J connectivity index is 1.44. The lowest BCUT2D eigenvalue weighted by molar-refractivity contribution is -0.118. The van der Waals surface area contributed by atoms with E-state index in [4.69, 9.17) is 9.47 Å². The van der Waals surface area contributed by atoms with Gasteiger partial charge in [-0.05, 0) is 43.9 Å². The van der Waals surface area contributed by atoms with Crippen molar-refractivity contribution in [3.63, 3.8) is 0 Å². The second kappa shape index (κ2) is 6.09. The first-order chi connectivity index (χ1) is 11.6. The minimum atomic E-state index is -0.201. The van der Waals surface area contributed by atoms with Gasteiger partial charge in [-0.25, -0.2) is 0 Å². The number of carbonyl (C=O) groups excluding carboxylic acids is 2.